The summed E-state index contributed by atoms with van der Waals surface area (Å²) >= 11 is 7.49. The van der Waals surface area contributed by atoms with Gasteiger partial charge in [-0.25, -0.2) is 0 Å². The minimum Gasteiger partial charge on any atom is -0.322 e. The minimum absolute atomic E-state index is 0.0578. The van der Waals surface area contributed by atoms with Gasteiger partial charge in [-0.2, -0.15) is 0 Å². The predicted molar refractivity (Wildman–Crippen MR) is 125 cm³/mol. The standard InChI is InChI=1S/C23H18ClN3O4S/c24-18-10-4-15(5-11-18)13-26-21(28)14-32-23(26)17-8-6-16(7-9-17)22(29)25-19-2-1-3-20(12-19)27(30)31/h1-12,23H,13-14H2,(H,25,29)/t23-/m0/s1. The smallest absolute Gasteiger partial charge is 0.271 e. The molecule has 0 bridgehead atoms. The molecule has 0 radical (unpaired) electrons. The fraction of sp³-hybridized carbons (Fsp3) is 0.130. The minimum atomic E-state index is -0.513. The third kappa shape index (κ3) is 4.92. The number of hydrogen-bond acceptors (Lipinski definition) is 5. The number of nitro benzene ring substituents is 1. The topological polar surface area (TPSA) is 92.5 Å². The molecule has 0 saturated carbocycles. The number of carbonyl (C=O) groups excluding carboxylic acids is 2. The van der Waals surface area contributed by atoms with Crippen LogP contribution in [0.25, 0.3) is 0 Å². The van der Waals surface area contributed by atoms with Crippen LogP contribution in [0.15, 0.2) is 72.8 Å². The first-order valence-electron chi connectivity index (χ1n) is 9.72. The Labute approximate surface area is 193 Å². The second-order valence-electron chi connectivity index (χ2n) is 7.20. The van der Waals surface area contributed by atoms with E-state index in [1.54, 1.807) is 42.1 Å². The van der Waals surface area contributed by atoms with E-state index in [1.807, 2.05) is 29.2 Å². The number of nitrogens with one attached hydrogen (secondary N) is 1. The number of thioether (sulfide) groups is 1. The average Bonchev–Trinajstić information content (AvgIpc) is 3.15. The predicted octanol–water partition coefficient (Wildman–Crippen LogP) is 5.27. The highest BCUT2D eigenvalue weighted by Crippen LogP contribution is 2.39. The lowest BCUT2D eigenvalue weighted by molar-refractivity contribution is -0.384. The van der Waals surface area contributed by atoms with Crippen LogP contribution in [0.5, 0.6) is 0 Å². The van der Waals surface area contributed by atoms with Crippen LogP contribution in [0.3, 0.4) is 0 Å². The summed E-state index contributed by atoms with van der Waals surface area (Å²) in [7, 11) is 0. The van der Waals surface area contributed by atoms with Gasteiger partial charge in [-0.1, -0.05) is 41.9 Å². The Balaban J connectivity index is 1.46. The summed E-state index contributed by atoms with van der Waals surface area (Å²) in [5.41, 5.74) is 2.57. The van der Waals surface area contributed by atoms with Gasteiger partial charge in [0.2, 0.25) is 5.91 Å². The van der Waals surface area contributed by atoms with E-state index in [-0.39, 0.29) is 22.9 Å². The molecule has 1 atom stereocenters. The molecular weight excluding hydrogens is 450 g/mol. The number of nitrogens with zero attached hydrogens (tertiary/aromatic N) is 2. The molecule has 32 heavy (non-hydrogen) atoms. The van der Waals surface area contributed by atoms with E-state index < -0.39 is 4.92 Å². The molecule has 1 heterocycles. The Hall–Kier alpha value is -3.36. The van der Waals surface area contributed by atoms with Gasteiger partial charge in [0.1, 0.15) is 5.37 Å². The summed E-state index contributed by atoms with van der Waals surface area (Å²) in [5.74, 6) is 0.0838. The van der Waals surface area contributed by atoms with E-state index in [2.05, 4.69) is 5.32 Å². The molecule has 9 heteroatoms. The first-order chi connectivity index (χ1) is 15.4. The van der Waals surface area contributed by atoms with Crippen LogP contribution in [-0.2, 0) is 11.3 Å². The second-order valence-corrected chi connectivity index (χ2v) is 8.70. The van der Waals surface area contributed by atoms with E-state index in [1.165, 1.54) is 18.2 Å². The van der Waals surface area contributed by atoms with Crippen molar-refractivity contribution in [2.24, 2.45) is 0 Å². The molecule has 1 saturated heterocycles. The van der Waals surface area contributed by atoms with Gasteiger partial charge in [0.15, 0.2) is 0 Å². The first kappa shape index (κ1) is 21.9. The molecule has 0 aliphatic carbocycles. The van der Waals surface area contributed by atoms with Gasteiger partial charge in [-0.3, -0.25) is 19.7 Å². The molecule has 1 aliphatic heterocycles. The maximum atomic E-state index is 12.6. The molecule has 7 nitrogen and oxygen atoms in total. The summed E-state index contributed by atoms with van der Waals surface area (Å²) in [6.07, 6.45) is 0. The van der Waals surface area contributed by atoms with Crippen molar-refractivity contribution >= 4 is 46.6 Å². The van der Waals surface area contributed by atoms with Crippen molar-refractivity contribution in [1.29, 1.82) is 0 Å². The van der Waals surface area contributed by atoms with Crippen molar-refractivity contribution in [1.82, 2.24) is 4.90 Å². The quantitative estimate of drug-likeness (QED) is 0.393. The van der Waals surface area contributed by atoms with Crippen LogP contribution >= 0.6 is 23.4 Å². The van der Waals surface area contributed by atoms with Gasteiger partial charge in [0.25, 0.3) is 11.6 Å². The molecule has 1 aliphatic rings. The third-order valence-corrected chi connectivity index (χ3v) is 6.52. The van der Waals surface area contributed by atoms with E-state index in [4.69, 9.17) is 11.6 Å². The largest absolute Gasteiger partial charge is 0.322 e. The highest BCUT2D eigenvalue weighted by Gasteiger charge is 2.32. The van der Waals surface area contributed by atoms with Crippen LogP contribution < -0.4 is 5.32 Å². The Morgan fingerprint density at radius 1 is 1.12 bits per heavy atom. The number of anilines is 1. The van der Waals surface area contributed by atoms with Gasteiger partial charge in [0.05, 0.1) is 10.7 Å². The summed E-state index contributed by atoms with van der Waals surface area (Å²) in [5, 5.41) is 14.1. The van der Waals surface area contributed by atoms with Gasteiger partial charge >= 0.3 is 0 Å². The summed E-state index contributed by atoms with van der Waals surface area (Å²) in [6.45, 7) is 0.475. The zero-order chi connectivity index (χ0) is 22.7. The Morgan fingerprint density at radius 2 is 1.84 bits per heavy atom. The van der Waals surface area contributed by atoms with Gasteiger partial charge in [-0.15, -0.1) is 11.8 Å². The number of rotatable bonds is 6. The highest BCUT2D eigenvalue weighted by atomic mass is 35.5. The van der Waals surface area contributed by atoms with Crippen LogP contribution in [-0.4, -0.2) is 27.4 Å². The van der Waals surface area contributed by atoms with Gasteiger partial charge in [0, 0.05) is 35.0 Å². The Morgan fingerprint density at radius 3 is 2.53 bits per heavy atom. The molecule has 162 valence electrons. The summed E-state index contributed by atoms with van der Waals surface area (Å²) < 4.78 is 0. The van der Waals surface area contributed by atoms with Crippen LogP contribution in [0.4, 0.5) is 11.4 Å². The van der Waals surface area contributed by atoms with E-state index in [0.29, 0.717) is 28.6 Å². The van der Waals surface area contributed by atoms with Crippen molar-refractivity contribution in [3.63, 3.8) is 0 Å². The lowest BCUT2D eigenvalue weighted by Gasteiger charge is -2.24. The fourth-order valence-electron chi connectivity index (χ4n) is 3.39. The second kappa shape index (κ2) is 9.42. The van der Waals surface area contributed by atoms with Crippen molar-refractivity contribution in [3.05, 3.63) is 105 Å². The monoisotopic (exact) mass is 467 g/mol. The van der Waals surface area contributed by atoms with E-state index in [9.17, 15) is 19.7 Å². The molecular formula is C23H18ClN3O4S. The molecule has 1 fully saturated rings. The van der Waals surface area contributed by atoms with Crippen molar-refractivity contribution < 1.29 is 14.5 Å². The normalized spacial score (nSPS) is 15.6. The maximum absolute atomic E-state index is 12.6. The summed E-state index contributed by atoms with van der Waals surface area (Å²) in [4.78, 5) is 37.2. The molecule has 3 aromatic rings. The van der Waals surface area contributed by atoms with Crippen LogP contribution in [0, 0.1) is 10.1 Å². The lowest BCUT2D eigenvalue weighted by Crippen LogP contribution is -2.27. The number of carbonyl (C=O) groups is 2. The average molecular weight is 468 g/mol. The zero-order valence-electron chi connectivity index (χ0n) is 16.7. The number of benzene rings is 3. The summed E-state index contributed by atoms with van der Waals surface area (Å²) in [6, 6.07) is 20.2. The third-order valence-electron chi connectivity index (χ3n) is 5.01. The fourth-order valence-corrected chi connectivity index (χ4v) is 4.70. The zero-order valence-corrected chi connectivity index (χ0v) is 18.3. The SMILES string of the molecule is O=C(Nc1cccc([N+](=O)[O-])c1)c1ccc([C@@H]2SCC(=O)N2Cc2ccc(Cl)cc2)cc1. The van der Waals surface area contributed by atoms with Crippen molar-refractivity contribution in [2.75, 3.05) is 11.1 Å². The molecule has 3 aromatic carbocycles. The van der Waals surface area contributed by atoms with Crippen molar-refractivity contribution in [2.45, 2.75) is 11.9 Å². The number of halogens is 1. The van der Waals surface area contributed by atoms with Gasteiger partial charge in [-0.05, 0) is 41.5 Å². The molecule has 4 rings (SSSR count). The van der Waals surface area contributed by atoms with Crippen LogP contribution in [0.1, 0.15) is 26.9 Å². The Kier molecular flexibility index (Phi) is 6.43. The number of nitro groups is 1. The number of amides is 2. The molecule has 0 spiro atoms. The van der Waals surface area contributed by atoms with Crippen LogP contribution in [0.2, 0.25) is 5.02 Å². The highest BCUT2D eigenvalue weighted by molar-refractivity contribution is 8.00. The molecule has 0 aromatic heterocycles. The molecule has 0 unspecified atom stereocenters. The van der Waals surface area contributed by atoms with E-state index >= 15 is 0 Å². The van der Waals surface area contributed by atoms with Crippen molar-refractivity contribution in [3.8, 4) is 0 Å². The lowest BCUT2D eigenvalue weighted by atomic mass is 10.1. The molecule has 1 N–H and O–H groups in total. The number of non-ortho nitro benzene ring substituents is 1. The maximum Gasteiger partial charge on any atom is 0.271 e. The van der Waals surface area contributed by atoms with E-state index in [0.717, 1.165) is 11.1 Å². The molecule has 2 amide bonds. The number of hydrogen-bond donors (Lipinski definition) is 1. The van der Waals surface area contributed by atoms with Gasteiger partial charge < -0.3 is 10.2 Å². The Bertz CT molecular complexity index is 1170. The first-order valence-corrected chi connectivity index (χ1v) is 11.1.